The molecule has 18 heavy (non-hydrogen) atoms. The molecule has 0 spiro atoms. The third-order valence-electron chi connectivity index (χ3n) is 4.06. The van der Waals surface area contributed by atoms with Gasteiger partial charge in [0, 0.05) is 17.8 Å². The fourth-order valence-electron chi connectivity index (χ4n) is 2.69. The number of piperidine rings is 1. The van der Waals surface area contributed by atoms with Gasteiger partial charge in [-0.15, -0.1) is 0 Å². The molecule has 1 aliphatic heterocycles. The van der Waals surface area contributed by atoms with Gasteiger partial charge in [0.1, 0.15) is 11.4 Å². The largest absolute Gasteiger partial charge is 0.384 e. The minimum atomic E-state index is -1.08. The molecule has 1 fully saturated rings. The number of nitrogens with one attached hydrogen (secondary N) is 1. The number of pyridine rings is 1. The zero-order valence-electron chi connectivity index (χ0n) is 11.0. The molecule has 2 heterocycles. The average molecular weight is 252 g/mol. The van der Waals surface area contributed by atoms with E-state index in [0.717, 1.165) is 32.0 Å². The maximum atomic E-state index is 13.2. The minimum Gasteiger partial charge on any atom is -0.384 e. The molecule has 1 aromatic rings. The van der Waals surface area contributed by atoms with E-state index in [4.69, 9.17) is 0 Å². The van der Waals surface area contributed by atoms with Crippen molar-refractivity contribution in [1.29, 1.82) is 0 Å². The lowest BCUT2D eigenvalue weighted by Crippen LogP contribution is -2.51. The van der Waals surface area contributed by atoms with Crippen molar-refractivity contribution in [1.82, 2.24) is 10.3 Å². The van der Waals surface area contributed by atoms with Crippen molar-refractivity contribution in [3.05, 3.63) is 29.8 Å². The van der Waals surface area contributed by atoms with E-state index < -0.39 is 11.4 Å². The Labute approximate surface area is 107 Å². The Morgan fingerprint density at radius 2 is 2.33 bits per heavy atom. The van der Waals surface area contributed by atoms with Crippen LogP contribution in [0.4, 0.5) is 4.39 Å². The van der Waals surface area contributed by atoms with E-state index in [1.165, 1.54) is 6.07 Å². The van der Waals surface area contributed by atoms with E-state index in [2.05, 4.69) is 17.2 Å². The molecule has 0 amide bonds. The van der Waals surface area contributed by atoms with Crippen molar-refractivity contribution < 1.29 is 9.50 Å². The van der Waals surface area contributed by atoms with Crippen LogP contribution in [0.2, 0.25) is 0 Å². The topological polar surface area (TPSA) is 45.1 Å². The molecule has 3 unspecified atom stereocenters. The number of hydrogen-bond acceptors (Lipinski definition) is 3. The molecular weight excluding hydrogens is 231 g/mol. The lowest BCUT2D eigenvalue weighted by Gasteiger charge is -2.39. The van der Waals surface area contributed by atoms with Crippen LogP contribution in [0.25, 0.3) is 0 Å². The van der Waals surface area contributed by atoms with E-state index in [1.54, 1.807) is 13.1 Å². The van der Waals surface area contributed by atoms with Gasteiger partial charge in [0.05, 0.1) is 6.20 Å². The summed E-state index contributed by atoms with van der Waals surface area (Å²) in [7, 11) is 0. The highest BCUT2D eigenvalue weighted by atomic mass is 19.1. The normalized spacial score (nSPS) is 27.8. The summed E-state index contributed by atoms with van der Waals surface area (Å²) in [4.78, 5) is 3.82. The lowest BCUT2D eigenvalue weighted by atomic mass is 9.79. The number of aromatic nitrogens is 1. The van der Waals surface area contributed by atoms with Gasteiger partial charge in [-0.25, -0.2) is 4.39 Å². The molecule has 3 nitrogen and oxygen atoms in total. The van der Waals surface area contributed by atoms with E-state index >= 15 is 0 Å². The fourth-order valence-corrected chi connectivity index (χ4v) is 2.69. The van der Waals surface area contributed by atoms with Gasteiger partial charge in [0.25, 0.3) is 0 Å². The van der Waals surface area contributed by atoms with E-state index in [9.17, 15) is 9.50 Å². The maximum Gasteiger partial charge on any atom is 0.141 e. The molecule has 4 heteroatoms. The first kappa shape index (κ1) is 13.4. The van der Waals surface area contributed by atoms with Gasteiger partial charge in [-0.3, -0.25) is 4.98 Å². The third kappa shape index (κ3) is 2.70. The zero-order chi connectivity index (χ0) is 13.2. The smallest absolute Gasteiger partial charge is 0.141 e. The molecule has 1 aliphatic rings. The van der Waals surface area contributed by atoms with Crippen molar-refractivity contribution in [3.8, 4) is 0 Å². The summed E-state index contributed by atoms with van der Waals surface area (Å²) >= 11 is 0. The fraction of sp³-hybridized carbons (Fsp3) is 0.643. The molecule has 2 N–H and O–H groups in total. The summed E-state index contributed by atoms with van der Waals surface area (Å²) in [6.07, 6.45) is 5.88. The van der Waals surface area contributed by atoms with E-state index in [1.807, 2.05) is 0 Å². The molecule has 0 saturated carbocycles. The average Bonchev–Trinajstić information content (AvgIpc) is 2.39. The summed E-state index contributed by atoms with van der Waals surface area (Å²) in [6.45, 7) is 4.81. The molecule has 3 atom stereocenters. The Morgan fingerprint density at radius 3 is 3.00 bits per heavy atom. The first-order valence-corrected chi connectivity index (χ1v) is 6.60. The lowest BCUT2D eigenvalue weighted by molar-refractivity contribution is -0.00362. The van der Waals surface area contributed by atoms with Crippen LogP contribution in [0, 0.1) is 11.7 Å². The zero-order valence-corrected chi connectivity index (χ0v) is 11.0. The van der Waals surface area contributed by atoms with Gasteiger partial charge < -0.3 is 10.4 Å². The summed E-state index contributed by atoms with van der Waals surface area (Å²) in [5, 5.41) is 14.0. The second-order valence-electron chi connectivity index (χ2n) is 5.34. The summed E-state index contributed by atoms with van der Waals surface area (Å²) < 4.78 is 13.2. The van der Waals surface area contributed by atoms with Crippen LogP contribution in [-0.2, 0) is 5.60 Å². The molecular formula is C14H21FN2O. The SMILES string of the molecule is CCC1CCNC(C(C)(O)c2cncc(F)c2)C1. The second-order valence-corrected chi connectivity index (χ2v) is 5.34. The Hall–Kier alpha value is -1.00. The number of halogens is 1. The number of aliphatic hydroxyl groups is 1. The first-order valence-electron chi connectivity index (χ1n) is 6.60. The molecule has 1 saturated heterocycles. The van der Waals surface area contributed by atoms with Gasteiger partial charge >= 0.3 is 0 Å². The predicted molar refractivity (Wildman–Crippen MR) is 68.6 cm³/mol. The highest BCUT2D eigenvalue weighted by Crippen LogP contribution is 2.32. The second kappa shape index (κ2) is 5.33. The molecule has 1 aromatic heterocycles. The van der Waals surface area contributed by atoms with Crippen molar-refractivity contribution >= 4 is 0 Å². The van der Waals surface area contributed by atoms with Crippen molar-refractivity contribution in [3.63, 3.8) is 0 Å². The van der Waals surface area contributed by atoms with E-state index in [-0.39, 0.29) is 6.04 Å². The van der Waals surface area contributed by atoms with Crippen LogP contribution in [0.5, 0.6) is 0 Å². The quantitative estimate of drug-likeness (QED) is 0.867. The highest BCUT2D eigenvalue weighted by Gasteiger charge is 2.37. The van der Waals surface area contributed by atoms with E-state index in [0.29, 0.717) is 11.5 Å². The number of nitrogens with zero attached hydrogens (tertiary/aromatic N) is 1. The predicted octanol–water partition coefficient (Wildman–Crippen LogP) is 2.21. The van der Waals surface area contributed by atoms with Gasteiger partial charge in [-0.1, -0.05) is 13.3 Å². The van der Waals surface area contributed by atoms with Crippen LogP contribution < -0.4 is 5.32 Å². The van der Waals surface area contributed by atoms with Crippen LogP contribution in [0.1, 0.15) is 38.7 Å². The molecule has 0 aliphatic carbocycles. The molecule has 2 rings (SSSR count). The van der Waals surface area contributed by atoms with Gasteiger partial charge in [0.2, 0.25) is 0 Å². The maximum absolute atomic E-state index is 13.2. The first-order chi connectivity index (χ1) is 8.54. The van der Waals surface area contributed by atoms with Crippen LogP contribution in [-0.4, -0.2) is 22.7 Å². The molecule has 100 valence electrons. The minimum absolute atomic E-state index is 0.0419. The van der Waals surface area contributed by atoms with Crippen LogP contribution >= 0.6 is 0 Å². The van der Waals surface area contributed by atoms with Crippen LogP contribution in [0.15, 0.2) is 18.5 Å². The third-order valence-corrected chi connectivity index (χ3v) is 4.06. The van der Waals surface area contributed by atoms with Gasteiger partial charge in [0.15, 0.2) is 0 Å². The Morgan fingerprint density at radius 1 is 1.56 bits per heavy atom. The number of rotatable bonds is 3. The van der Waals surface area contributed by atoms with Crippen molar-refractivity contribution in [2.24, 2.45) is 5.92 Å². The monoisotopic (exact) mass is 252 g/mol. The van der Waals surface area contributed by atoms with Crippen molar-refractivity contribution in [2.75, 3.05) is 6.54 Å². The molecule has 0 radical (unpaired) electrons. The van der Waals surface area contributed by atoms with Gasteiger partial charge in [-0.05, 0) is 38.3 Å². The standard InChI is InChI=1S/C14H21FN2O/c1-3-10-4-5-17-13(6-10)14(2,18)11-7-12(15)9-16-8-11/h7-10,13,17-18H,3-6H2,1-2H3. The Balaban J connectivity index is 2.19. The molecule has 0 bridgehead atoms. The Bertz CT molecular complexity index is 409. The molecule has 0 aromatic carbocycles. The summed E-state index contributed by atoms with van der Waals surface area (Å²) in [6, 6.07) is 1.32. The summed E-state index contributed by atoms with van der Waals surface area (Å²) in [5.74, 6) is 0.222. The Kier molecular flexibility index (Phi) is 3.97. The number of hydrogen-bond donors (Lipinski definition) is 2. The highest BCUT2D eigenvalue weighted by molar-refractivity contribution is 5.21. The summed E-state index contributed by atoms with van der Waals surface area (Å²) in [5.41, 5.74) is -0.542. The van der Waals surface area contributed by atoms with Crippen molar-refractivity contribution in [2.45, 2.75) is 44.8 Å². The van der Waals surface area contributed by atoms with Gasteiger partial charge in [-0.2, -0.15) is 0 Å². The van der Waals surface area contributed by atoms with Crippen LogP contribution in [0.3, 0.4) is 0 Å².